The third-order valence-corrected chi connectivity index (χ3v) is 4.93. The number of aliphatic imine (C=N–C) groups is 1. The second-order valence-corrected chi connectivity index (χ2v) is 7.09. The van der Waals surface area contributed by atoms with Crippen LogP contribution in [0, 0.1) is 11.7 Å². The van der Waals surface area contributed by atoms with Gasteiger partial charge in [0.1, 0.15) is 5.82 Å². The van der Waals surface area contributed by atoms with E-state index in [9.17, 15) is 9.60 Å². The molecular weight excluding hydrogens is 393 g/mol. The molecule has 0 radical (unpaired) electrons. The summed E-state index contributed by atoms with van der Waals surface area (Å²) in [5, 5.41) is 20.4. The van der Waals surface area contributed by atoms with Gasteiger partial charge in [-0.25, -0.2) is 14.0 Å². The van der Waals surface area contributed by atoms with Crippen LogP contribution in [0.1, 0.15) is 38.3 Å². The van der Waals surface area contributed by atoms with Gasteiger partial charge in [-0.2, -0.15) is 0 Å². The molecule has 1 aromatic carbocycles. The SMILES string of the molecule is CC1CCC(Nc2nonc2C(=Nc2ccc(F)c(Br)c2)NO)CC1. The Morgan fingerprint density at radius 1 is 1.32 bits per heavy atom. The van der Waals surface area contributed by atoms with Gasteiger partial charge in [0.2, 0.25) is 5.82 Å². The Morgan fingerprint density at radius 2 is 2.08 bits per heavy atom. The largest absolute Gasteiger partial charge is 0.363 e. The third-order valence-electron chi connectivity index (χ3n) is 4.32. The number of halogens is 2. The van der Waals surface area contributed by atoms with Crippen molar-refractivity contribution in [2.24, 2.45) is 10.9 Å². The number of hydrogen-bond acceptors (Lipinski definition) is 6. The van der Waals surface area contributed by atoms with Crippen molar-refractivity contribution < 1.29 is 14.2 Å². The summed E-state index contributed by atoms with van der Waals surface area (Å²) in [5.74, 6) is 0.822. The van der Waals surface area contributed by atoms with Crippen molar-refractivity contribution in [1.29, 1.82) is 0 Å². The molecule has 3 N–H and O–H groups in total. The van der Waals surface area contributed by atoms with Crippen LogP contribution in [0.2, 0.25) is 0 Å². The highest BCUT2D eigenvalue weighted by molar-refractivity contribution is 9.10. The fraction of sp³-hybridized carbons (Fsp3) is 0.438. The van der Waals surface area contributed by atoms with Crippen molar-refractivity contribution in [2.45, 2.75) is 38.6 Å². The molecule has 1 aromatic heterocycles. The first kappa shape index (κ1) is 17.8. The molecule has 0 saturated heterocycles. The van der Waals surface area contributed by atoms with E-state index in [1.54, 1.807) is 0 Å². The zero-order valence-corrected chi connectivity index (χ0v) is 15.3. The van der Waals surface area contributed by atoms with Crippen LogP contribution in [0.5, 0.6) is 0 Å². The van der Waals surface area contributed by atoms with E-state index in [2.05, 4.69) is 43.5 Å². The van der Waals surface area contributed by atoms with Gasteiger partial charge in [0.15, 0.2) is 11.5 Å². The summed E-state index contributed by atoms with van der Waals surface area (Å²) in [6, 6.07) is 4.54. The van der Waals surface area contributed by atoms with E-state index in [0.29, 0.717) is 11.5 Å². The first-order valence-electron chi connectivity index (χ1n) is 8.10. The highest BCUT2D eigenvalue weighted by atomic mass is 79.9. The molecule has 25 heavy (non-hydrogen) atoms. The second kappa shape index (κ2) is 7.92. The van der Waals surface area contributed by atoms with Gasteiger partial charge in [-0.3, -0.25) is 10.7 Å². The Morgan fingerprint density at radius 3 is 2.76 bits per heavy atom. The number of amidine groups is 1. The van der Waals surface area contributed by atoms with Crippen LogP contribution in [-0.4, -0.2) is 27.4 Å². The van der Waals surface area contributed by atoms with Gasteiger partial charge in [-0.15, -0.1) is 0 Å². The lowest BCUT2D eigenvalue weighted by molar-refractivity contribution is 0.234. The van der Waals surface area contributed by atoms with E-state index in [0.717, 1.165) is 31.6 Å². The summed E-state index contributed by atoms with van der Waals surface area (Å²) in [4.78, 5) is 4.24. The van der Waals surface area contributed by atoms with Crippen molar-refractivity contribution >= 4 is 33.3 Å². The maximum absolute atomic E-state index is 13.3. The highest BCUT2D eigenvalue weighted by Gasteiger charge is 2.23. The summed E-state index contributed by atoms with van der Waals surface area (Å²) in [6.45, 7) is 2.25. The number of hydroxylamine groups is 1. The van der Waals surface area contributed by atoms with Crippen molar-refractivity contribution in [3.8, 4) is 0 Å². The van der Waals surface area contributed by atoms with Crippen LogP contribution in [0.15, 0.2) is 32.3 Å². The predicted octanol–water partition coefficient (Wildman–Crippen LogP) is 4.02. The van der Waals surface area contributed by atoms with Crippen molar-refractivity contribution in [3.05, 3.63) is 34.2 Å². The minimum Gasteiger partial charge on any atom is -0.363 e. The molecule has 2 aromatic rings. The van der Waals surface area contributed by atoms with Gasteiger partial charge in [0, 0.05) is 6.04 Å². The number of rotatable bonds is 4. The molecule has 1 saturated carbocycles. The van der Waals surface area contributed by atoms with Crippen LogP contribution >= 0.6 is 15.9 Å². The number of nitrogens with zero attached hydrogens (tertiary/aromatic N) is 3. The average molecular weight is 412 g/mol. The Hall–Kier alpha value is -2.00. The minimum absolute atomic E-state index is 0.0615. The zero-order chi connectivity index (χ0) is 17.8. The Bertz CT molecular complexity index is 759. The van der Waals surface area contributed by atoms with Gasteiger partial charge >= 0.3 is 0 Å². The molecule has 1 aliphatic carbocycles. The molecule has 3 rings (SSSR count). The predicted molar refractivity (Wildman–Crippen MR) is 94.6 cm³/mol. The second-order valence-electron chi connectivity index (χ2n) is 6.23. The van der Waals surface area contributed by atoms with Crippen LogP contribution in [-0.2, 0) is 0 Å². The lowest BCUT2D eigenvalue weighted by Crippen LogP contribution is -2.28. The Balaban J connectivity index is 1.80. The fourth-order valence-electron chi connectivity index (χ4n) is 2.85. The third kappa shape index (κ3) is 4.35. The maximum Gasteiger partial charge on any atom is 0.202 e. The summed E-state index contributed by atoms with van der Waals surface area (Å²) < 4.78 is 18.4. The number of hydrogen-bond donors (Lipinski definition) is 3. The highest BCUT2D eigenvalue weighted by Crippen LogP contribution is 2.27. The van der Waals surface area contributed by atoms with E-state index in [1.165, 1.54) is 18.2 Å². The first-order chi connectivity index (χ1) is 12.1. The summed E-state index contributed by atoms with van der Waals surface area (Å²) >= 11 is 3.11. The van der Waals surface area contributed by atoms with E-state index in [-0.39, 0.29) is 22.0 Å². The molecule has 134 valence electrons. The average Bonchev–Trinajstić information content (AvgIpc) is 3.06. The molecule has 1 heterocycles. The normalized spacial score (nSPS) is 21.2. The number of benzene rings is 1. The van der Waals surface area contributed by atoms with Crippen LogP contribution < -0.4 is 10.8 Å². The van der Waals surface area contributed by atoms with Gasteiger partial charge in [0.25, 0.3) is 0 Å². The molecular formula is C16H19BrFN5O2. The topological polar surface area (TPSA) is 95.6 Å². The lowest BCUT2D eigenvalue weighted by atomic mass is 9.87. The summed E-state index contributed by atoms with van der Waals surface area (Å²) in [6.07, 6.45) is 4.39. The van der Waals surface area contributed by atoms with Crippen LogP contribution in [0.4, 0.5) is 15.9 Å². The minimum atomic E-state index is -0.394. The van der Waals surface area contributed by atoms with E-state index in [4.69, 9.17) is 4.63 Å². The lowest BCUT2D eigenvalue weighted by Gasteiger charge is -2.26. The van der Waals surface area contributed by atoms with Gasteiger partial charge in [-0.1, -0.05) is 6.92 Å². The van der Waals surface area contributed by atoms with E-state index < -0.39 is 5.82 Å². The molecule has 0 atom stereocenters. The molecule has 0 spiro atoms. The molecule has 0 amide bonds. The number of nitrogens with one attached hydrogen (secondary N) is 2. The zero-order valence-electron chi connectivity index (χ0n) is 13.7. The molecule has 7 nitrogen and oxygen atoms in total. The Labute approximate surface area is 152 Å². The number of anilines is 1. The van der Waals surface area contributed by atoms with Crippen molar-refractivity contribution in [2.75, 3.05) is 5.32 Å². The molecule has 0 aliphatic heterocycles. The molecule has 9 heteroatoms. The smallest absolute Gasteiger partial charge is 0.202 e. The molecule has 0 unspecified atom stereocenters. The Kier molecular flexibility index (Phi) is 5.64. The van der Waals surface area contributed by atoms with Gasteiger partial charge < -0.3 is 5.32 Å². The first-order valence-corrected chi connectivity index (χ1v) is 8.89. The number of aromatic nitrogens is 2. The fourth-order valence-corrected chi connectivity index (χ4v) is 3.22. The monoisotopic (exact) mass is 411 g/mol. The molecule has 0 bridgehead atoms. The van der Waals surface area contributed by atoms with E-state index in [1.807, 2.05) is 5.48 Å². The van der Waals surface area contributed by atoms with Gasteiger partial charge in [-0.05, 0) is 76.0 Å². The van der Waals surface area contributed by atoms with Crippen molar-refractivity contribution in [1.82, 2.24) is 15.8 Å². The van der Waals surface area contributed by atoms with Gasteiger partial charge in [0.05, 0.1) is 10.2 Å². The quantitative estimate of drug-likeness (QED) is 0.399. The van der Waals surface area contributed by atoms with Crippen molar-refractivity contribution in [3.63, 3.8) is 0 Å². The van der Waals surface area contributed by atoms with E-state index >= 15 is 0 Å². The maximum atomic E-state index is 13.3. The summed E-state index contributed by atoms with van der Waals surface area (Å²) in [7, 11) is 0. The molecule has 1 aliphatic rings. The van der Waals surface area contributed by atoms with Crippen LogP contribution in [0.25, 0.3) is 0 Å². The van der Waals surface area contributed by atoms with Crippen LogP contribution in [0.3, 0.4) is 0 Å². The summed E-state index contributed by atoms with van der Waals surface area (Å²) in [5.41, 5.74) is 2.71. The molecule has 1 fully saturated rings. The standard InChI is InChI=1S/C16H19BrFN5O2/c1-9-2-4-10(5-3-9)19-16-14(22-25-23-16)15(21-24)20-11-6-7-13(18)12(17)8-11/h6-10,24H,2-5H2,1H3,(H,19,23)(H,20,21).